The maximum Gasteiger partial charge on any atom is 0.167 e. The molecule has 0 radical (unpaired) electrons. The van der Waals surface area contributed by atoms with Crippen molar-refractivity contribution in [2.24, 2.45) is 4.99 Å². The zero-order valence-corrected chi connectivity index (χ0v) is 15.0. The lowest BCUT2D eigenvalue weighted by molar-refractivity contribution is 0.372. The first-order valence-electron chi connectivity index (χ1n) is 5.43. The van der Waals surface area contributed by atoms with Gasteiger partial charge in [-0.3, -0.25) is 0 Å². The highest BCUT2D eigenvalue weighted by molar-refractivity contribution is 9.13. The van der Waals surface area contributed by atoms with Crippen molar-refractivity contribution in [2.75, 3.05) is 7.11 Å². The highest BCUT2D eigenvalue weighted by Gasteiger charge is 2.14. The summed E-state index contributed by atoms with van der Waals surface area (Å²) < 4.78 is 7.44. The summed E-state index contributed by atoms with van der Waals surface area (Å²) in [7, 11) is 1.49. The molecule has 20 heavy (non-hydrogen) atoms. The van der Waals surface area contributed by atoms with Crippen molar-refractivity contribution >= 4 is 59.8 Å². The molecule has 0 fully saturated rings. The van der Waals surface area contributed by atoms with Crippen molar-refractivity contribution in [3.63, 3.8) is 0 Å². The highest BCUT2D eigenvalue weighted by Crippen LogP contribution is 2.39. The second kappa shape index (κ2) is 6.69. The molecule has 7 heteroatoms. The minimum atomic E-state index is 0.0171. The number of ether oxygens (including phenoxy) is 1. The van der Waals surface area contributed by atoms with Crippen LogP contribution in [0.4, 0.5) is 5.82 Å². The molecule has 0 saturated carbocycles. The van der Waals surface area contributed by atoms with Crippen LogP contribution in [0.1, 0.15) is 5.56 Å². The van der Waals surface area contributed by atoms with Crippen LogP contribution in [0.15, 0.2) is 42.8 Å². The fourth-order valence-corrected chi connectivity index (χ4v) is 2.52. The molecule has 0 spiro atoms. The molecule has 0 aliphatic heterocycles. The molecule has 1 aromatic carbocycles. The molecule has 2 rings (SSSR count). The van der Waals surface area contributed by atoms with Crippen LogP contribution in [-0.4, -0.2) is 23.4 Å². The van der Waals surface area contributed by atoms with E-state index in [1.165, 1.54) is 13.3 Å². The minimum absolute atomic E-state index is 0.0171. The number of rotatable bonds is 3. The van der Waals surface area contributed by atoms with Gasteiger partial charge in [0, 0.05) is 25.8 Å². The molecule has 1 aromatic heterocycles. The van der Waals surface area contributed by atoms with Gasteiger partial charge < -0.3 is 9.84 Å². The van der Waals surface area contributed by atoms with Crippen LogP contribution in [0.3, 0.4) is 0 Å². The van der Waals surface area contributed by atoms with Gasteiger partial charge in [0.2, 0.25) is 0 Å². The Morgan fingerprint density at radius 1 is 1.30 bits per heavy atom. The normalized spacial score (nSPS) is 11.0. The van der Waals surface area contributed by atoms with Gasteiger partial charge in [-0.1, -0.05) is 0 Å². The molecular formula is C13H9Br3N2O2. The van der Waals surface area contributed by atoms with Gasteiger partial charge in [-0.05, 0) is 66.0 Å². The van der Waals surface area contributed by atoms with E-state index >= 15 is 0 Å². The van der Waals surface area contributed by atoms with Gasteiger partial charge in [0.15, 0.2) is 17.3 Å². The summed E-state index contributed by atoms with van der Waals surface area (Å²) >= 11 is 10.1. The zero-order chi connectivity index (χ0) is 14.7. The van der Waals surface area contributed by atoms with Gasteiger partial charge in [-0.25, -0.2) is 9.98 Å². The summed E-state index contributed by atoms with van der Waals surface area (Å²) in [5.41, 5.74) is 0.515. The summed E-state index contributed by atoms with van der Waals surface area (Å²) in [6.45, 7) is 0. The number of nitrogens with zero attached hydrogens (tertiary/aromatic N) is 2. The number of aromatic nitrogens is 1. The van der Waals surface area contributed by atoms with Gasteiger partial charge in [-0.2, -0.15) is 0 Å². The average Bonchev–Trinajstić information content (AvgIpc) is 2.44. The van der Waals surface area contributed by atoms with Crippen molar-refractivity contribution in [1.82, 2.24) is 4.98 Å². The molecular weight excluding hydrogens is 456 g/mol. The van der Waals surface area contributed by atoms with Gasteiger partial charge in [0.05, 0.1) is 12.7 Å². The van der Waals surface area contributed by atoms with Crippen LogP contribution in [0.2, 0.25) is 0 Å². The Hall–Kier alpha value is -0.920. The van der Waals surface area contributed by atoms with Gasteiger partial charge >= 0.3 is 0 Å². The number of methoxy groups -OCH3 is 1. The molecule has 0 bridgehead atoms. The largest absolute Gasteiger partial charge is 0.504 e. The van der Waals surface area contributed by atoms with E-state index in [-0.39, 0.29) is 5.75 Å². The third-order valence-electron chi connectivity index (χ3n) is 2.45. The first kappa shape index (κ1) is 15.5. The number of hydrogen-bond donors (Lipinski definition) is 1. The Balaban J connectivity index is 2.42. The number of phenolic OH excluding ortho intramolecular Hbond substituents is 1. The van der Waals surface area contributed by atoms with E-state index in [1.807, 2.05) is 6.07 Å². The molecule has 4 nitrogen and oxygen atoms in total. The summed E-state index contributed by atoms with van der Waals surface area (Å²) in [6.07, 6.45) is 3.19. The number of phenols is 1. The number of aliphatic imine (C=N–C) groups is 1. The van der Waals surface area contributed by atoms with E-state index in [9.17, 15) is 5.11 Å². The Kier molecular flexibility index (Phi) is 5.17. The van der Waals surface area contributed by atoms with Crippen LogP contribution in [0.25, 0.3) is 0 Å². The van der Waals surface area contributed by atoms with E-state index in [1.54, 1.807) is 18.3 Å². The van der Waals surface area contributed by atoms with Crippen LogP contribution in [0, 0.1) is 0 Å². The smallest absolute Gasteiger partial charge is 0.167 e. The summed E-state index contributed by atoms with van der Waals surface area (Å²) in [6, 6.07) is 5.28. The van der Waals surface area contributed by atoms with Gasteiger partial charge in [0.25, 0.3) is 0 Å². The molecule has 0 amide bonds. The van der Waals surface area contributed by atoms with E-state index < -0.39 is 0 Å². The van der Waals surface area contributed by atoms with Gasteiger partial charge in [-0.15, -0.1) is 0 Å². The Bertz CT molecular complexity index is 658. The molecule has 104 valence electrons. The fraction of sp³-hybridized carbons (Fsp3) is 0.0769. The number of pyridine rings is 1. The lowest BCUT2D eigenvalue weighted by atomic mass is 10.2. The monoisotopic (exact) mass is 462 g/mol. The summed E-state index contributed by atoms with van der Waals surface area (Å²) in [5.74, 6) is 0.923. The highest BCUT2D eigenvalue weighted by atomic mass is 79.9. The van der Waals surface area contributed by atoms with Gasteiger partial charge in [0.1, 0.15) is 0 Å². The second-order valence-corrected chi connectivity index (χ2v) is 6.29. The Morgan fingerprint density at radius 2 is 2.05 bits per heavy atom. The zero-order valence-electron chi connectivity index (χ0n) is 10.3. The van der Waals surface area contributed by atoms with Crippen molar-refractivity contribution < 1.29 is 9.84 Å². The van der Waals surface area contributed by atoms with Crippen molar-refractivity contribution in [3.8, 4) is 11.5 Å². The number of halogens is 3. The lowest BCUT2D eigenvalue weighted by Gasteiger charge is -2.09. The van der Waals surface area contributed by atoms with E-state index in [0.29, 0.717) is 21.6 Å². The maximum absolute atomic E-state index is 10.1. The third kappa shape index (κ3) is 3.39. The number of benzene rings is 1. The van der Waals surface area contributed by atoms with Crippen molar-refractivity contribution in [1.29, 1.82) is 0 Å². The molecule has 0 atom stereocenters. The molecule has 1 heterocycles. The fourth-order valence-electron chi connectivity index (χ4n) is 1.46. The quantitative estimate of drug-likeness (QED) is 0.662. The standard InChI is InChI=1S/C13H9Br3N2O2/c1-20-10-4-9(15)12(16)8(13(10)19)6-18-11-3-2-7(14)5-17-11/h2-6,19H,1H3. The third-order valence-corrected chi connectivity index (χ3v) is 4.93. The number of aromatic hydroxyl groups is 1. The first-order valence-corrected chi connectivity index (χ1v) is 7.81. The van der Waals surface area contributed by atoms with E-state index in [4.69, 9.17) is 4.74 Å². The second-order valence-electron chi connectivity index (χ2n) is 3.73. The van der Waals surface area contributed by atoms with Crippen LogP contribution in [0.5, 0.6) is 11.5 Å². The Morgan fingerprint density at radius 3 is 2.65 bits per heavy atom. The molecule has 0 unspecified atom stereocenters. The lowest BCUT2D eigenvalue weighted by Crippen LogP contribution is -1.92. The predicted octanol–water partition coefficient (Wildman–Crippen LogP) is 4.83. The average molecular weight is 465 g/mol. The molecule has 0 aliphatic carbocycles. The first-order chi connectivity index (χ1) is 9.52. The SMILES string of the molecule is COc1cc(Br)c(Br)c(C=Nc2ccc(Br)cn2)c1O. The van der Waals surface area contributed by atoms with Crippen molar-refractivity contribution in [3.05, 3.63) is 43.4 Å². The molecule has 2 aromatic rings. The topological polar surface area (TPSA) is 54.7 Å². The van der Waals surface area contributed by atoms with Crippen LogP contribution in [-0.2, 0) is 0 Å². The molecule has 1 N–H and O–H groups in total. The summed E-state index contributed by atoms with van der Waals surface area (Å²) in [5, 5.41) is 10.1. The molecule has 0 aliphatic rings. The van der Waals surface area contributed by atoms with E-state index in [2.05, 4.69) is 57.8 Å². The molecule has 0 saturated heterocycles. The predicted molar refractivity (Wildman–Crippen MR) is 89.2 cm³/mol. The number of hydrogen-bond acceptors (Lipinski definition) is 4. The van der Waals surface area contributed by atoms with E-state index in [0.717, 1.165) is 8.95 Å². The van der Waals surface area contributed by atoms with Crippen LogP contribution >= 0.6 is 47.8 Å². The minimum Gasteiger partial charge on any atom is -0.504 e. The van der Waals surface area contributed by atoms with Crippen LogP contribution < -0.4 is 4.74 Å². The maximum atomic E-state index is 10.1. The summed E-state index contributed by atoms with van der Waals surface area (Å²) in [4.78, 5) is 8.37. The Labute approximate surface area is 141 Å². The van der Waals surface area contributed by atoms with Crippen molar-refractivity contribution in [2.45, 2.75) is 0 Å².